The first-order valence-corrected chi connectivity index (χ1v) is 8.65. The standard InChI is InChI=1S/C20H34O2/c1-8-19(21-9-2)22-17-12-10-16(11-13-17)18(15(3)4)14-20(5,6)7/h10-13,15,18-19H,8-9,14H2,1-7H3. The van der Waals surface area contributed by atoms with E-state index >= 15 is 0 Å². The van der Waals surface area contributed by atoms with Crippen molar-refractivity contribution in [2.45, 2.75) is 73.5 Å². The number of rotatable bonds is 8. The van der Waals surface area contributed by atoms with Crippen LogP contribution >= 0.6 is 0 Å². The Labute approximate surface area is 137 Å². The third-order valence-electron chi connectivity index (χ3n) is 3.90. The van der Waals surface area contributed by atoms with Crippen LogP contribution in [-0.2, 0) is 4.74 Å². The van der Waals surface area contributed by atoms with Crippen molar-refractivity contribution >= 4 is 0 Å². The highest BCUT2D eigenvalue weighted by Crippen LogP contribution is 2.36. The van der Waals surface area contributed by atoms with Crippen LogP contribution in [-0.4, -0.2) is 12.9 Å². The van der Waals surface area contributed by atoms with Crippen LogP contribution in [0.5, 0.6) is 5.75 Å². The smallest absolute Gasteiger partial charge is 0.199 e. The molecule has 2 unspecified atom stereocenters. The summed E-state index contributed by atoms with van der Waals surface area (Å²) in [4.78, 5) is 0. The summed E-state index contributed by atoms with van der Waals surface area (Å²) < 4.78 is 11.4. The van der Waals surface area contributed by atoms with Gasteiger partial charge in [0, 0.05) is 13.0 Å². The Kier molecular flexibility index (Phi) is 7.41. The molecular weight excluding hydrogens is 272 g/mol. The molecule has 0 saturated heterocycles. The molecule has 2 atom stereocenters. The van der Waals surface area contributed by atoms with Gasteiger partial charge in [-0.15, -0.1) is 0 Å². The zero-order valence-corrected chi connectivity index (χ0v) is 15.5. The molecule has 2 nitrogen and oxygen atoms in total. The highest BCUT2D eigenvalue weighted by molar-refractivity contribution is 5.30. The molecule has 0 N–H and O–H groups in total. The van der Waals surface area contributed by atoms with Crippen LogP contribution < -0.4 is 4.74 Å². The maximum atomic E-state index is 5.88. The Morgan fingerprint density at radius 3 is 2.00 bits per heavy atom. The van der Waals surface area contributed by atoms with Gasteiger partial charge in [-0.3, -0.25) is 0 Å². The van der Waals surface area contributed by atoms with E-state index in [-0.39, 0.29) is 6.29 Å². The van der Waals surface area contributed by atoms with Gasteiger partial charge >= 0.3 is 0 Å². The molecule has 0 bridgehead atoms. The zero-order valence-electron chi connectivity index (χ0n) is 15.5. The van der Waals surface area contributed by atoms with Gasteiger partial charge in [-0.2, -0.15) is 0 Å². The molecule has 0 saturated carbocycles. The lowest BCUT2D eigenvalue weighted by atomic mass is 9.76. The van der Waals surface area contributed by atoms with Crippen molar-refractivity contribution in [2.75, 3.05) is 6.61 Å². The van der Waals surface area contributed by atoms with Gasteiger partial charge in [-0.25, -0.2) is 0 Å². The maximum Gasteiger partial charge on any atom is 0.199 e. The third kappa shape index (κ3) is 6.39. The molecule has 1 aromatic carbocycles. The maximum absolute atomic E-state index is 5.88. The minimum atomic E-state index is -0.147. The first-order chi connectivity index (χ1) is 10.3. The molecule has 2 heteroatoms. The Bertz CT molecular complexity index is 414. The van der Waals surface area contributed by atoms with E-state index in [4.69, 9.17) is 9.47 Å². The molecule has 1 rings (SSSR count). The summed E-state index contributed by atoms with van der Waals surface area (Å²) in [5.41, 5.74) is 1.74. The van der Waals surface area contributed by atoms with Crippen molar-refractivity contribution in [1.29, 1.82) is 0 Å². The van der Waals surface area contributed by atoms with E-state index in [1.54, 1.807) is 0 Å². The summed E-state index contributed by atoms with van der Waals surface area (Å²) in [5.74, 6) is 2.11. The summed E-state index contributed by atoms with van der Waals surface area (Å²) in [6.07, 6.45) is 1.90. The van der Waals surface area contributed by atoms with E-state index in [1.165, 1.54) is 12.0 Å². The van der Waals surface area contributed by atoms with Crippen LogP contribution in [0, 0.1) is 11.3 Å². The molecule has 0 fully saturated rings. The predicted octanol–water partition coefficient (Wildman–Crippen LogP) is 6.01. The van der Waals surface area contributed by atoms with E-state index in [1.807, 2.05) is 6.92 Å². The highest BCUT2D eigenvalue weighted by atomic mass is 16.7. The largest absolute Gasteiger partial charge is 0.465 e. The monoisotopic (exact) mass is 306 g/mol. The van der Waals surface area contributed by atoms with Gasteiger partial charge in [-0.1, -0.05) is 53.7 Å². The molecule has 22 heavy (non-hydrogen) atoms. The van der Waals surface area contributed by atoms with E-state index in [9.17, 15) is 0 Å². The molecule has 0 aliphatic heterocycles. The SMILES string of the molecule is CCOC(CC)Oc1ccc(C(CC(C)(C)C)C(C)C)cc1. The van der Waals surface area contributed by atoms with Gasteiger partial charge in [0.25, 0.3) is 0 Å². The first kappa shape index (κ1) is 19.0. The average molecular weight is 306 g/mol. The van der Waals surface area contributed by atoms with Crippen LogP contribution in [0.4, 0.5) is 0 Å². The van der Waals surface area contributed by atoms with Gasteiger partial charge in [0.05, 0.1) is 0 Å². The number of benzene rings is 1. The second-order valence-electron chi connectivity index (χ2n) is 7.60. The van der Waals surface area contributed by atoms with Gasteiger partial charge in [0.15, 0.2) is 6.29 Å². The summed E-state index contributed by atoms with van der Waals surface area (Å²) in [6, 6.07) is 8.58. The second kappa shape index (κ2) is 8.57. The van der Waals surface area contributed by atoms with Gasteiger partial charge < -0.3 is 9.47 Å². The Morgan fingerprint density at radius 2 is 1.59 bits per heavy atom. The number of hydrogen-bond acceptors (Lipinski definition) is 2. The molecule has 126 valence electrons. The predicted molar refractivity (Wildman–Crippen MR) is 94.4 cm³/mol. The van der Waals surface area contributed by atoms with Crippen molar-refractivity contribution in [1.82, 2.24) is 0 Å². The molecule has 1 aromatic rings. The third-order valence-corrected chi connectivity index (χ3v) is 3.90. The van der Waals surface area contributed by atoms with Crippen molar-refractivity contribution < 1.29 is 9.47 Å². The number of hydrogen-bond donors (Lipinski definition) is 0. The molecular formula is C20H34O2. The minimum Gasteiger partial charge on any atom is -0.465 e. The van der Waals surface area contributed by atoms with Crippen LogP contribution in [0.25, 0.3) is 0 Å². The van der Waals surface area contributed by atoms with Crippen LogP contribution in [0.15, 0.2) is 24.3 Å². The fourth-order valence-electron chi connectivity index (χ4n) is 2.76. The number of ether oxygens (including phenoxy) is 2. The molecule has 0 heterocycles. The summed E-state index contributed by atoms with van der Waals surface area (Å²) in [7, 11) is 0. The van der Waals surface area contributed by atoms with E-state index in [0.717, 1.165) is 12.2 Å². The lowest BCUT2D eigenvalue weighted by molar-refractivity contribution is -0.0766. The Balaban J connectivity index is 2.80. The normalized spacial score (nSPS) is 14.9. The lowest BCUT2D eigenvalue weighted by Crippen LogP contribution is -2.19. The zero-order chi connectivity index (χ0) is 16.8. The first-order valence-electron chi connectivity index (χ1n) is 8.65. The average Bonchev–Trinajstić information content (AvgIpc) is 2.44. The van der Waals surface area contributed by atoms with Crippen LogP contribution in [0.3, 0.4) is 0 Å². The van der Waals surface area contributed by atoms with Crippen molar-refractivity contribution in [2.24, 2.45) is 11.3 Å². The quantitative estimate of drug-likeness (QED) is 0.547. The highest BCUT2D eigenvalue weighted by Gasteiger charge is 2.23. The van der Waals surface area contributed by atoms with Crippen molar-refractivity contribution in [3.63, 3.8) is 0 Å². The molecule has 0 aromatic heterocycles. The lowest BCUT2D eigenvalue weighted by Gasteiger charge is -2.29. The summed E-state index contributed by atoms with van der Waals surface area (Å²) in [6.45, 7) is 16.3. The fraction of sp³-hybridized carbons (Fsp3) is 0.700. The summed E-state index contributed by atoms with van der Waals surface area (Å²) >= 11 is 0. The minimum absolute atomic E-state index is 0.147. The van der Waals surface area contributed by atoms with E-state index in [0.29, 0.717) is 23.9 Å². The fourth-order valence-corrected chi connectivity index (χ4v) is 2.76. The van der Waals surface area contributed by atoms with Gasteiger partial charge in [-0.05, 0) is 48.3 Å². The molecule has 0 aliphatic carbocycles. The van der Waals surface area contributed by atoms with E-state index < -0.39 is 0 Å². The second-order valence-corrected chi connectivity index (χ2v) is 7.60. The van der Waals surface area contributed by atoms with E-state index in [2.05, 4.69) is 65.8 Å². The Morgan fingerprint density at radius 1 is 1.00 bits per heavy atom. The van der Waals surface area contributed by atoms with Gasteiger partial charge in [0.2, 0.25) is 0 Å². The van der Waals surface area contributed by atoms with Crippen molar-refractivity contribution in [3.05, 3.63) is 29.8 Å². The molecule has 0 radical (unpaired) electrons. The van der Waals surface area contributed by atoms with Crippen LogP contribution in [0.2, 0.25) is 0 Å². The molecule has 0 spiro atoms. The van der Waals surface area contributed by atoms with Crippen LogP contribution in [0.1, 0.15) is 72.8 Å². The molecule has 0 amide bonds. The van der Waals surface area contributed by atoms with Crippen molar-refractivity contribution in [3.8, 4) is 5.75 Å². The van der Waals surface area contributed by atoms with Gasteiger partial charge in [0.1, 0.15) is 5.75 Å². The summed E-state index contributed by atoms with van der Waals surface area (Å²) in [5, 5.41) is 0. The Hall–Kier alpha value is -1.02. The molecule has 0 aliphatic rings. The topological polar surface area (TPSA) is 18.5 Å².